The number of hydrogen-bond acceptors (Lipinski definition) is 3. The van der Waals surface area contributed by atoms with Gasteiger partial charge < -0.3 is 14.2 Å². The molecular weight excluding hydrogens is 681 g/mol. The van der Waals surface area contributed by atoms with Crippen molar-refractivity contribution in [3.63, 3.8) is 0 Å². The molecule has 11 rings (SSSR count). The minimum absolute atomic E-state index is 0.178. The van der Waals surface area contributed by atoms with Gasteiger partial charge in [0, 0.05) is 44.9 Å². The van der Waals surface area contributed by atoms with Crippen LogP contribution in [0.5, 0.6) is 0 Å². The van der Waals surface area contributed by atoms with Crippen LogP contribution in [0.15, 0.2) is 199 Å². The van der Waals surface area contributed by atoms with Gasteiger partial charge in [0.15, 0.2) is 0 Å². The van der Waals surface area contributed by atoms with Crippen LogP contribution in [0, 0.1) is 0 Å². The molecule has 3 heteroatoms. The van der Waals surface area contributed by atoms with Crippen molar-refractivity contribution in [1.29, 1.82) is 0 Å². The molecular formula is C53H40N2O. The van der Waals surface area contributed by atoms with Crippen LogP contribution in [-0.4, -0.2) is 0 Å². The number of para-hydroxylation sites is 4. The molecule has 3 nitrogen and oxygen atoms in total. The molecule has 1 atom stereocenters. The van der Waals surface area contributed by atoms with E-state index in [1.807, 2.05) is 6.07 Å². The average Bonchev–Trinajstić information content (AvgIpc) is 3.96. The minimum Gasteiger partial charge on any atom is -0.456 e. The summed E-state index contributed by atoms with van der Waals surface area (Å²) in [6, 6.07) is 70.6. The van der Waals surface area contributed by atoms with Gasteiger partial charge in [-0.2, -0.15) is 0 Å². The second kappa shape index (κ2) is 13.2. The first-order valence-electron chi connectivity index (χ1n) is 19.8. The van der Waals surface area contributed by atoms with Gasteiger partial charge in [-0.05, 0) is 114 Å². The normalized spacial score (nSPS) is 15.6. The summed E-state index contributed by atoms with van der Waals surface area (Å²) in [5, 5.41) is 2.28. The second-order valence-corrected chi connectivity index (χ2v) is 15.2. The van der Waals surface area contributed by atoms with Crippen LogP contribution >= 0.6 is 0 Å². The van der Waals surface area contributed by atoms with Gasteiger partial charge in [-0.25, -0.2) is 0 Å². The molecule has 2 aliphatic carbocycles. The van der Waals surface area contributed by atoms with E-state index in [2.05, 4.69) is 198 Å². The minimum atomic E-state index is -0.178. The summed E-state index contributed by atoms with van der Waals surface area (Å²) < 4.78 is 6.48. The molecule has 56 heavy (non-hydrogen) atoms. The van der Waals surface area contributed by atoms with Crippen LogP contribution < -0.4 is 9.80 Å². The Labute approximate surface area is 327 Å². The second-order valence-electron chi connectivity index (χ2n) is 15.2. The Balaban J connectivity index is 1.14. The molecule has 0 unspecified atom stereocenters. The molecule has 8 aromatic carbocycles. The molecule has 1 aromatic heterocycles. The van der Waals surface area contributed by atoms with Crippen molar-refractivity contribution in [3.05, 3.63) is 216 Å². The quantitative estimate of drug-likeness (QED) is 0.163. The molecule has 0 bridgehead atoms. The van der Waals surface area contributed by atoms with Crippen molar-refractivity contribution in [2.45, 2.75) is 31.1 Å². The fourth-order valence-corrected chi connectivity index (χ4v) is 9.89. The first-order valence-corrected chi connectivity index (χ1v) is 19.8. The van der Waals surface area contributed by atoms with E-state index >= 15 is 0 Å². The zero-order valence-electron chi connectivity index (χ0n) is 31.1. The maximum atomic E-state index is 6.48. The van der Waals surface area contributed by atoms with Gasteiger partial charge >= 0.3 is 0 Å². The van der Waals surface area contributed by atoms with Gasteiger partial charge in [0.1, 0.15) is 11.2 Å². The number of aryl methyl sites for hydroxylation is 2. The summed E-state index contributed by atoms with van der Waals surface area (Å²) in [4.78, 5) is 5.00. The summed E-state index contributed by atoms with van der Waals surface area (Å²) >= 11 is 0. The maximum Gasteiger partial charge on any atom is 0.137 e. The first kappa shape index (κ1) is 32.6. The number of nitrogens with zero attached hydrogens (tertiary/aromatic N) is 2. The summed E-state index contributed by atoms with van der Waals surface area (Å²) in [5.74, 6) is 0. The van der Waals surface area contributed by atoms with Crippen LogP contribution in [0.3, 0.4) is 0 Å². The molecule has 2 aliphatic rings. The van der Waals surface area contributed by atoms with Crippen LogP contribution in [0.1, 0.15) is 35.1 Å². The van der Waals surface area contributed by atoms with E-state index in [0.29, 0.717) is 0 Å². The van der Waals surface area contributed by atoms with Gasteiger partial charge in [0.25, 0.3) is 0 Å². The van der Waals surface area contributed by atoms with Crippen LogP contribution in [0.2, 0.25) is 0 Å². The summed E-state index contributed by atoms with van der Waals surface area (Å²) in [6.07, 6.45) is 4.21. The Morgan fingerprint density at radius 1 is 0.393 bits per heavy atom. The SMILES string of the molecule is c1ccc(-c2ccccc2N(c2ccccc2)c2cccc3c2[C@]2(CCc4cccc(N(c5ccccc5)c5ccc6c(c5)oc5ccccc56)c42)CC3)cc1. The highest BCUT2D eigenvalue weighted by molar-refractivity contribution is 6.06. The van der Waals surface area contributed by atoms with Crippen molar-refractivity contribution in [2.75, 3.05) is 9.80 Å². The van der Waals surface area contributed by atoms with E-state index < -0.39 is 0 Å². The Morgan fingerprint density at radius 3 is 1.62 bits per heavy atom. The molecule has 268 valence electrons. The Bertz CT molecular complexity index is 2880. The smallest absolute Gasteiger partial charge is 0.137 e. The highest BCUT2D eigenvalue weighted by Crippen LogP contribution is 2.60. The highest BCUT2D eigenvalue weighted by Gasteiger charge is 2.49. The van der Waals surface area contributed by atoms with E-state index in [1.165, 1.54) is 50.4 Å². The lowest BCUT2D eigenvalue weighted by Gasteiger charge is -2.37. The van der Waals surface area contributed by atoms with E-state index in [4.69, 9.17) is 4.42 Å². The zero-order chi connectivity index (χ0) is 37.1. The van der Waals surface area contributed by atoms with Gasteiger partial charge in [-0.15, -0.1) is 0 Å². The number of furan rings is 1. The van der Waals surface area contributed by atoms with Crippen molar-refractivity contribution < 1.29 is 4.42 Å². The van der Waals surface area contributed by atoms with E-state index in [1.54, 1.807) is 0 Å². The fraction of sp³-hybridized carbons (Fsp3) is 0.0943. The maximum absolute atomic E-state index is 6.48. The van der Waals surface area contributed by atoms with Crippen LogP contribution in [0.4, 0.5) is 34.1 Å². The predicted molar refractivity (Wildman–Crippen MR) is 232 cm³/mol. The van der Waals surface area contributed by atoms with E-state index in [-0.39, 0.29) is 5.41 Å². The van der Waals surface area contributed by atoms with Gasteiger partial charge in [-0.1, -0.05) is 127 Å². The third-order valence-corrected chi connectivity index (χ3v) is 12.2. The van der Waals surface area contributed by atoms with Gasteiger partial charge in [0.05, 0.1) is 17.1 Å². The topological polar surface area (TPSA) is 19.6 Å². The van der Waals surface area contributed by atoms with Gasteiger partial charge in [-0.3, -0.25) is 0 Å². The summed E-state index contributed by atoms with van der Waals surface area (Å²) in [6.45, 7) is 0. The third kappa shape index (κ3) is 5.12. The summed E-state index contributed by atoms with van der Waals surface area (Å²) in [7, 11) is 0. The molecule has 0 radical (unpaired) electrons. The van der Waals surface area contributed by atoms with Gasteiger partial charge in [0.2, 0.25) is 0 Å². The monoisotopic (exact) mass is 720 g/mol. The lowest BCUT2D eigenvalue weighted by Crippen LogP contribution is -2.27. The lowest BCUT2D eigenvalue weighted by atomic mass is 9.74. The molecule has 1 spiro atoms. The van der Waals surface area contributed by atoms with Crippen molar-refractivity contribution >= 4 is 56.1 Å². The van der Waals surface area contributed by atoms with Crippen molar-refractivity contribution in [1.82, 2.24) is 0 Å². The summed E-state index contributed by atoms with van der Waals surface area (Å²) in [5.41, 5.74) is 16.9. The first-order chi connectivity index (χ1) is 27.8. The predicted octanol–water partition coefficient (Wildman–Crippen LogP) is 14.4. The average molecular weight is 721 g/mol. The molecule has 1 heterocycles. The standard InChI is InChI=1S/C53H40N2O/c1-4-16-37(17-5-1)43-24-10-12-26-46(43)55(41-22-8-3-9-23-41)48-28-15-19-39-33-35-53(52(39)48)34-32-38-18-14-27-47(51(38)53)54(40-20-6-2-7-21-40)42-30-31-45-44-25-11-13-29-49(44)56-50(45)36-42/h1-31,36H,32-35H2/t53-/m1/s1. The zero-order valence-corrected chi connectivity index (χ0v) is 31.1. The highest BCUT2D eigenvalue weighted by atomic mass is 16.3. The third-order valence-electron chi connectivity index (χ3n) is 12.2. The number of benzene rings is 8. The molecule has 0 saturated heterocycles. The Hall–Kier alpha value is -6.84. The van der Waals surface area contributed by atoms with Crippen LogP contribution in [0.25, 0.3) is 33.1 Å². The lowest BCUT2D eigenvalue weighted by molar-refractivity contribution is 0.508. The molecule has 0 amide bonds. The molecule has 0 aliphatic heterocycles. The molecule has 0 fully saturated rings. The van der Waals surface area contributed by atoms with E-state index in [9.17, 15) is 0 Å². The van der Waals surface area contributed by atoms with Crippen molar-refractivity contribution in [2.24, 2.45) is 0 Å². The number of anilines is 6. The molecule has 0 N–H and O–H groups in total. The fourth-order valence-electron chi connectivity index (χ4n) is 9.89. The Morgan fingerprint density at radius 2 is 0.929 bits per heavy atom. The Kier molecular flexibility index (Phi) is 7.67. The van der Waals surface area contributed by atoms with Crippen LogP contribution in [-0.2, 0) is 18.3 Å². The number of fused-ring (bicyclic) bond motifs is 7. The van der Waals surface area contributed by atoms with Crippen molar-refractivity contribution in [3.8, 4) is 11.1 Å². The number of rotatable bonds is 7. The molecule has 0 saturated carbocycles. The number of hydrogen-bond donors (Lipinski definition) is 0. The molecule has 9 aromatic rings. The van der Waals surface area contributed by atoms with E-state index in [0.717, 1.165) is 64.7 Å². The largest absolute Gasteiger partial charge is 0.456 e.